The quantitative estimate of drug-likeness (QED) is 0.718. The lowest BCUT2D eigenvalue weighted by atomic mass is 10.2. The molecule has 100 valence electrons. The van der Waals surface area contributed by atoms with E-state index in [1.54, 1.807) is 6.07 Å². The van der Waals surface area contributed by atoms with Crippen LogP contribution in [0.15, 0.2) is 23.0 Å². The molecule has 1 heterocycles. The summed E-state index contributed by atoms with van der Waals surface area (Å²) in [6, 6.07) is 4.41. The number of aromatic carboxylic acids is 1. The van der Waals surface area contributed by atoms with E-state index in [9.17, 15) is 14.4 Å². The lowest BCUT2D eigenvalue weighted by molar-refractivity contribution is -0.118. The van der Waals surface area contributed by atoms with E-state index in [0.29, 0.717) is 24.0 Å². The summed E-state index contributed by atoms with van der Waals surface area (Å²) < 4.78 is 1.46. The molecule has 0 saturated heterocycles. The molecular formula is C12H13N3O4. The molecule has 0 aliphatic rings. The smallest absolute Gasteiger partial charge is 0.335 e. The van der Waals surface area contributed by atoms with Gasteiger partial charge in [-0.2, -0.15) is 0 Å². The number of benzene rings is 1. The first kappa shape index (κ1) is 12.9. The van der Waals surface area contributed by atoms with Gasteiger partial charge in [0.2, 0.25) is 5.91 Å². The highest BCUT2D eigenvalue weighted by Gasteiger charge is 2.10. The van der Waals surface area contributed by atoms with Crippen LogP contribution in [-0.2, 0) is 11.3 Å². The van der Waals surface area contributed by atoms with Gasteiger partial charge in [0, 0.05) is 13.0 Å². The summed E-state index contributed by atoms with van der Waals surface area (Å²) in [5, 5.41) is 8.87. The summed E-state index contributed by atoms with van der Waals surface area (Å²) in [5.74, 6) is -1.47. The largest absolute Gasteiger partial charge is 0.478 e. The van der Waals surface area contributed by atoms with Gasteiger partial charge in [0.1, 0.15) is 0 Å². The number of carbonyl (C=O) groups excluding carboxylic acids is 1. The third-order valence-electron chi connectivity index (χ3n) is 2.83. The molecule has 2 rings (SSSR count). The molecule has 0 bridgehead atoms. The van der Waals surface area contributed by atoms with Gasteiger partial charge in [-0.05, 0) is 24.6 Å². The average Bonchev–Trinajstić information content (AvgIpc) is 2.64. The molecule has 0 fully saturated rings. The zero-order valence-corrected chi connectivity index (χ0v) is 10.0. The van der Waals surface area contributed by atoms with Crippen molar-refractivity contribution in [2.24, 2.45) is 5.73 Å². The molecule has 0 saturated carbocycles. The van der Waals surface area contributed by atoms with Crippen LogP contribution in [0.4, 0.5) is 0 Å². The number of primary amides is 1. The van der Waals surface area contributed by atoms with E-state index >= 15 is 0 Å². The Labute approximate surface area is 107 Å². The molecule has 4 N–H and O–H groups in total. The maximum atomic E-state index is 11.7. The Balaban J connectivity index is 2.34. The topological polar surface area (TPSA) is 118 Å². The number of carbonyl (C=O) groups is 2. The highest BCUT2D eigenvalue weighted by atomic mass is 16.4. The highest BCUT2D eigenvalue weighted by Crippen LogP contribution is 2.13. The first-order valence-corrected chi connectivity index (χ1v) is 5.73. The van der Waals surface area contributed by atoms with Crippen LogP contribution in [0.25, 0.3) is 11.0 Å². The number of nitrogens with one attached hydrogen (secondary N) is 1. The Morgan fingerprint density at radius 3 is 2.74 bits per heavy atom. The summed E-state index contributed by atoms with van der Waals surface area (Å²) in [6.45, 7) is 0.355. The van der Waals surface area contributed by atoms with Gasteiger partial charge < -0.3 is 15.8 Å². The Kier molecular flexibility index (Phi) is 3.37. The van der Waals surface area contributed by atoms with Gasteiger partial charge in [-0.1, -0.05) is 0 Å². The number of aromatic nitrogens is 2. The minimum absolute atomic E-state index is 0.109. The number of nitrogens with zero attached hydrogens (tertiary/aromatic N) is 1. The zero-order valence-electron chi connectivity index (χ0n) is 10.0. The molecule has 1 aromatic carbocycles. The summed E-state index contributed by atoms with van der Waals surface area (Å²) >= 11 is 0. The van der Waals surface area contributed by atoms with E-state index in [1.807, 2.05) is 0 Å². The lowest BCUT2D eigenvalue weighted by Crippen LogP contribution is -2.18. The standard InChI is InChI=1S/C12H13N3O4/c13-10(16)2-1-5-15-9-4-3-7(11(17)18)6-8(9)14-12(15)19/h3-4,6H,1-2,5H2,(H2,13,16)(H,14,19)(H,17,18). The molecular weight excluding hydrogens is 250 g/mol. The van der Waals surface area contributed by atoms with Crippen LogP contribution in [0.1, 0.15) is 23.2 Å². The second-order valence-electron chi connectivity index (χ2n) is 4.19. The molecule has 7 heteroatoms. The number of aryl methyl sites for hydroxylation is 1. The molecule has 0 aliphatic carbocycles. The minimum atomic E-state index is -1.05. The maximum Gasteiger partial charge on any atom is 0.335 e. The molecule has 0 spiro atoms. The predicted molar refractivity (Wildman–Crippen MR) is 67.9 cm³/mol. The van der Waals surface area contributed by atoms with Crippen molar-refractivity contribution in [3.8, 4) is 0 Å². The fourth-order valence-corrected chi connectivity index (χ4v) is 1.93. The van der Waals surface area contributed by atoms with Crippen LogP contribution in [0.5, 0.6) is 0 Å². The zero-order chi connectivity index (χ0) is 14.0. The van der Waals surface area contributed by atoms with Gasteiger partial charge in [0.25, 0.3) is 0 Å². The summed E-state index contributed by atoms with van der Waals surface area (Å²) in [5.41, 5.74) is 5.89. The first-order valence-electron chi connectivity index (χ1n) is 5.73. The normalized spacial score (nSPS) is 10.7. The van der Waals surface area contributed by atoms with E-state index < -0.39 is 11.9 Å². The van der Waals surface area contributed by atoms with Crippen LogP contribution in [0, 0.1) is 0 Å². The molecule has 0 unspecified atom stereocenters. The van der Waals surface area contributed by atoms with Gasteiger partial charge in [-0.15, -0.1) is 0 Å². The molecule has 0 atom stereocenters. The number of carboxylic acid groups (broad SMARTS) is 1. The van der Waals surface area contributed by atoms with Crippen molar-refractivity contribution in [3.63, 3.8) is 0 Å². The van der Waals surface area contributed by atoms with E-state index in [4.69, 9.17) is 10.8 Å². The molecule has 1 aromatic heterocycles. The van der Waals surface area contributed by atoms with E-state index in [1.165, 1.54) is 16.7 Å². The number of rotatable bonds is 5. The Morgan fingerprint density at radius 2 is 2.11 bits per heavy atom. The van der Waals surface area contributed by atoms with Crippen molar-refractivity contribution in [2.75, 3.05) is 0 Å². The number of amides is 1. The Hall–Kier alpha value is -2.57. The molecule has 19 heavy (non-hydrogen) atoms. The first-order chi connectivity index (χ1) is 8.99. The maximum absolute atomic E-state index is 11.7. The van der Waals surface area contributed by atoms with Crippen LogP contribution >= 0.6 is 0 Å². The van der Waals surface area contributed by atoms with Crippen molar-refractivity contribution >= 4 is 22.9 Å². The third-order valence-corrected chi connectivity index (χ3v) is 2.83. The van der Waals surface area contributed by atoms with Gasteiger partial charge in [0.05, 0.1) is 16.6 Å². The van der Waals surface area contributed by atoms with Crippen molar-refractivity contribution < 1.29 is 14.7 Å². The monoisotopic (exact) mass is 263 g/mol. The SMILES string of the molecule is NC(=O)CCCn1c(=O)[nH]c2cc(C(=O)O)ccc21. The number of imidazole rings is 1. The Bertz CT molecular complexity index is 699. The van der Waals surface area contributed by atoms with Gasteiger partial charge in [0.15, 0.2) is 0 Å². The van der Waals surface area contributed by atoms with Crippen LogP contribution in [-0.4, -0.2) is 26.5 Å². The van der Waals surface area contributed by atoms with E-state index in [2.05, 4.69) is 4.98 Å². The highest BCUT2D eigenvalue weighted by molar-refractivity contribution is 5.92. The van der Waals surface area contributed by atoms with Gasteiger partial charge >= 0.3 is 11.7 Å². The van der Waals surface area contributed by atoms with Crippen molar-refractivity contribution in [3.05, 3.63) is 34.2 Å². The lowest BCUT2D eigenvalue weighted by Gasteiger charge is -2.02. The third kappa shape index (κ3) is 2.65. The minimum Gasteiger partial charge on any atom is -0.478 e. The number of nitrogens with two attached hydrogens (primary N) is 1. The molecule has 0 radical (unpaired) electrons. The van der Waals surface area contributed by atoms with E-state index in [0.717, 1.165) is 0 Å². The second-order valence-corrected chi connectivity index (χ2v) is 4.19. The van der Waals surface area contributed by atoms with Gasteiger partial charge in [-0.25, -0.2) is 9.59 Å². The fourth-order valence-electron chi connectivity index (χ4n) is 1.93. The average molecular weight is 263 g/mol. The van der Waals surface area contributed by atoms with Crippen molar-refractivity contribution in [1.82, 2.24) is 9.55 Å². The predicted octanol–water partition coefficient (Wildman–Crippen LogP) is 0.293. The van der Waals surface area contributed by atoms with Crippen LogP contribution in [0.3, 0.4) is 0 Å². The summed E-state index contributed by atoms with van der Waals surface area (Å²) in [4.78, 5) is 35.8. The van der Waals surface area contributed by atoms with Crippen molar-refractivity contribution in [2.45, 2.75) is 19.4 Å². The Morgan fingerprint density at radius 1 is 1.37 bits per heavy atom. The fraction of sp³-hybridized carbons (Fsp3) is 0.250. The second kappa shape index (κ2) is 4.97. The van der Waals surface area contributed by atoms with Crippen LogP contribution < -0.4 is 11.4 Å². The molecule has 2 aromatic rings. The van der Waals surface area contributed by atoms with E-state index in [-0.39, 0.29) is 17.7 Å². The van der Waals surface area contributed by atoms with Gasteiger partial charge in [-0.3, -0.25) is 9.36 Å². The number of hydrogen-bond donors (Lipinski definition) is 3. The molecule has 1 amide bonds. The number of fused-ring (bicyclic) bond motifs is 1. The van der Waals surface area contributed by atoms with Crippen LogP contribution in [0.2, 0.25) is 0 Å². The molecule has 0 aliphatic heterocycles. The number of H-pyrrole nitrogens is 1. The van der Waals surface area contributed by atoms with Crippen molar-refractivity contribution in [1.29, 1.82) is 0 Å². The molecule has 7 nitrogen and oxygen atoms in total. The number of aromatic amines is 1. The summed E-state index contributed by atoms with van der Waals surface area (Å²) in [6.07, 6.45) is 0.662. The number of hydrogen-bond acceptors (Lipinski definition) is 3. The summed E-state index contributed by atoms with van der Waals surface area (Å²) in [7, 11) is 0. The number of carboxylic acids is 1.